The van der Waals surface area contributed by atoms with Gasteiger partial charge in [0.1, 0.15) is 17.6 Å². The first-order valence-electron chi connectivity index (χ1n) is 12.4. The summed E-state index contributed by atoms with van der Waals surface area (Å²) >= 11 is 7.62. The van der Waals surface area contributed by atoms with E-state index in [-0.39, 0.29) is 23.8 Å². The molecule has 7 nitrogen and oxygen atoms in total. The Balaban J connectivity index is 2.61. The van der Waals surface area contributed by atoms with Crippen molar-refractivity contribution < 1.29 is 23.4 Å². The highest BCUT2D eigenvalue weighted by Crippen LogP contribution is 2.34. The molecule has 0 bridgehead atoms. The molecule has 1 amide bonds. The van der Waals surface area contributed by atoms with Gasteiger partial charge in [-0.25, -0.2) is 14.2 Å². The molecule has 0 saturated heterocycles. The highest BCUT2D eigenvalue weighted by atomic mass is 35.5. The van der Waals surface area contributed by atoms with Crippen molar-refractivity contribution in [3.63, 3.8) is 0 Å². The lowest BCUT2D eigenvalue weighted by Crippen LogP contribution is -2.43. The van der Waals surface area contributed by atoms with Crippen molar-refractivity contribution >= 4 is 37.5 Å². The number of amides is 1. The molecule has 208 valence electrons. The molecule has 0 aliphatic carbocycles. The summed E-state index contributed by atoms with van der Waals surface area (Å²) in [5, 5.41) is 0.680. The first-order chi connectivity index (χ1) is 17.3. The lowest BCUT2D eigenvalue weighted by Gasteiger charge is -2.31. The largest absolute Gasteiger partial charge is 0.433 e. The topological polar surface area (TPSA) is 65.8 Å². The molecule has 0 N–H and O–H groups in total. The zero-order valence-corrected chi connectivity index (χ0v) is 26.0. The summed E-state index contributed by atoms with van der Waals surface area (Å²) in [7, 11) is 0.333. The van der Waals surface area contributed by atoms with Crippen molar-refractivity contribution in [2.75, 3.05) is 20.0 Å². The third-order valence-corrected chi connectivity index (χ3v) is 8.49. The Hall–Kier alpha value is -1.59. The summed E-state index contributed by atoms with van der Waals surface area (Å²) in [4.78, 5) is 19.9. The van der Waals surface area contributed by atoms with Gasteiger partial charge in [0, 0.05) is 39.4 Å². The van der Waals surface area contributed by atoms with E-state index in [4.69, 9.17) is 30.8 Å². The van der Waals surface area contributed by atoms with E-state index in [2.05, 4.69) is 19.6 Å². The van der Waals surface area contributed by atoms with Gasteiger partial charge in [0.2, 0.25) is 0 Å². The number of benzene rings is 1. The van der Waals surface area contributed by atoms with Crippen LogP contribution in [0.25, 0.3) is 0 Å². The third kappa shape index (κ3) is 8.71. The average Bonchev–Trinajstić information content (AvgIpc) is 3.13. The molecule has 37 heavy (non-hydrogen) atoms. The minimum absolute atomic E-state index is 0.0604. The van der Waals surface area contributed by atoms with Crippen molar-refractivity contribution in [1.82, 2.24) is 14.5 Å². The zero-order chi connectivity index (χ0) is 27.9. The number of imidazole rings is 1. The highest BCUT2D eigenvalue weighted by Gasteiger charge is 2.32. The van der Waals surface area contributed by atoms with Crippen LogP contribution in [0.3, 0.4) is 0 Å². The Bertz CT molecular complexity index is 1040. The first-order valence-corrected chi connectivity index (χ1v) is 17.8. The summed E-state index contributed by atoms with van der Waals surface area (Å²) in [5.74, 6) is -0.0859. The van der Waals surface area contributed by atoms with E-state index in [0.717, 1.165) is 16.8 Å². The van der Waals surface area contributed by atoms with E-state index < -0.39 is 26.1 Å². The minimum Gasteiger partial charge on any atom is -0.433 e. The molecule has 1 aromatic carbocycles. The lowest BCUT2D eigenvalue weighted by atomic mass is 10.1. The predicted molar refractivity (Wildman–Crippen MR) is 151 cm³/mol. The number of thioether (sulfide) groups is 1. The maximum absolute atomic E-state index is 14.1. The molecule has 2 aromatic rings. The van der Waals surface area contributed by atoms with Gasteiger partial charge in [-0.05, 0) is 52.1 Å². The van der Waals surface area contributed by atoms with E-state index in [1.54, 1.807) is 18.1 Å². The number of rotatable bonds is 13. The Morgan fingerprint density at radius 1 is 1.22 bits per heavy atom. The predicted octanol–water partition coefficient (Wildman–Crippen LogP) is 7.20. The molecule has 0 spiro atoms. The van der Waals surface area contributed by atoms with Crippen LogP contribution >= 0.6 is 23.4 Å². The van der Waals surface area contributed by atoms with Crippen LogP contribution in [0.1, 0.15) is 50.9 Å². The number of hydrogen-bond donors (Lipinski definition) is 0. The Kier molecular flexibility index (Phi) is 11.9. The van der Waals surface area contributed by atoms with Crippen molar-refractivity contribution in [3.8, 4) is 0 Å². The van der Waals surface area contributed by atoms with Gasteiger partial charge in [-0.3, -0.25) is 0 Å². The smallest absolute Gasteiger partial charge is 0.411 e. The van der Waals surface area contributed by atoms with Crippen LogP contribution in [-0.2, 0) is 27.5 Å². The van der Waals surface area contributed by atoms with Crippen LogP contribution < -0.4 is 0 Å². The maximum atomic E-state index is 14.1. The molecular weight excluding hydrogens is 533 g/mol. The molecule has 1 atom stereocenters. The highest BCUT2D eigenvalue weighted by molar-refractivity contribution is 7.98. The number of methoxy groups -OCH3 is 1. The summed E-state index contributed by atoms with van der Waals surface area (Å²) < 4.78 is 33.6. The van der Waals surface area contributed by atoms with E-state index in [1.807, 2.05) is 38.5 Å². The van der Waals surface area contributed by atoms with E-state index in [9.17, 15) is 9.18 Å². The van der Waals surface area contributed by atoms with E-state index >= 15 is 0 Å². The minimum atomic E-state index is -1.29. The van der Waals surface area contributed by atoms with Gasteiger partial charge < -0.3 is 23.7 Å². The van der Waals surface area contributed by atoms with Crippen molar-refractivity contribution in [2.45, 2.75) is 89.9 Å². The number of carbonyl (C=O) groups is 1. The molecule has 0 saturated carbocycles. The van der Waals surface area contributed by atoms with Crippen LogP contribution in [0.15, 0.2) is 23.2 Å². The van der Waals surface area contributed by atoms with Gasteiger partial charge in [-0.15, -0.1) is 11.8 Å². The van der Waals surface area contributed by atoms with E-state index in [0.29, 0.717) is 24.6 Å². The second-order valence-corrected chi connectivity index (χ2v) is 17.5. The number of carbonyl (C=O) groups excluding carboxylic acids is 1. The lowest BCUT2D eigenvalue weighted by molar-refractivity contribution is 0.0439. The summed E-state index contributed by atoms with van der Waals surface area (Å²) in [6.07, 6.45) is 0.489. The molecule has 0 radical (unpaired) electrons. The normalized spacial score (nSPS) is 12.9. The number of halogens is 2. The van der Waals surface area contributed by atoms with Gasteiger partial charge in [0.25, 0.3) is 0 Å². The SMILES string of the molecule is COCc1c(SC)nc(C(OC(=O)N(C(C)C)C(C)C)c2ccc(F)c(Cl)c2)n1COCC[Si](C)(C)C. The van der Waals surface area contributed by atoms with Gasteiger partial charge in [0.05, 0.1) is 17.3 Å². The summed E-state index contributed by atoms with van der Waals surface area (Å²) in [5.41, 5.74) is 1.33. The number of nitrogens with zero attached hydrogens (tertiary/aromatic N) is 3. The molecule has 1 unspecified atom stereocenters. The zero-order valence-electron chi connectivity index (χ0n) is 23.4. The summed E-state index contributed by atoms with van der Waals surface area (Å²) in [6, 6.07) is 5.15. The average molecular weight is 574 g/mol. The number of ether oxygens (including phenoxy) is 3. The van der Waals surface area contributed by atoms with Crippen molar-refractivity contribution in [3.05, 3.63) is 46.1 Å². The second kappa shape index (κ2) is 14.0. The molecule has 0 fully saturated rings. The number of aromatic nitrogens is 2. The van der Waals surface area contributed by atoms with Crippen molar-refractivity contribution in [2.24, 2.45) is 0 Å². The molecule has 11 heteroatoms. The quantitative estimate of drug-likeness (QED) is 0.143. The van der Waals surface area contributed by atoms with Gasteiger partial charge >= 0.3 is 6.09 Å². The second-order valence-electron chi connectivity index (χ2n) is 10.7. The Morgan fingerprint density at radius 2 is 1.86 bits per heavy atom. The van der Waals surface area contributed by atoms with Crippen LogP contribution in [0.4, 0.5) is 9.18 Å². The van der Waals surface area contributed by atoms with Crippen LogP contribution in [0, 0.1) is 5.82 Å². The molecule has 0 aliphatic heterocycles. The summed E-state index contributed by atoms with van der Waals surface area (Å²) in [6.45, 7) is 15.7. The molecule has 1 aromatic heterocycles. The fraction of sp³-hybridized carbons (Fsp3) is 0.615. The maximum Gasteiger partial charge on any atom is 0.411 e. The van der Waals surface area contributed by atoms with Crippen LogP contribution in [0.5, 0.6) is 0 Å². The molecule has 0 aliphatic rings. The number of hydrogen-bond acceptors (Lipinski definition) is 6. The molecular formula is C26H41ClFN3O4SSi. The van der Waals surface area contributed by atoms with Crippen LogP contribution in [0.2, 0.25) is 30.7 Å². The third-order valence-electron chi connectivity index (χ3n) is 5.78. The van der Waals surface area contributed by atoms with Gasteiger partial charge in [-0.2, -0.15) is 0 Å². The van der Waals surface area contributed by atoms with Crippen LogP contribution in [-0.4, -0.2) is 60.7 Å². The fourth-order valence-electron chi connectivity index (χ4n) is 3.93. The van der Waals surface area contributed by atoms with Crippen molar-refractivity contribution in [1.29, 1.82) is 0 Å². The monoisotopic (exact) mass is 573 g/mol. The Labute approximate surface area is 231 Å². The van der Waals surface area contributed by atoms with Gasteiger partial charge in [0.15, 0.2) is 11.9 Å². The molecule has 1 heterocycles. The Morgan fingerprint density at radius 3 is 2.38 bits per heavy atom. The van der Waals surface area contributed by atoms with E-state index in [1.165, 1.54) is 23.9 Å². The van der Waals surface area contributed by atoms with Gasteiger partial charge in [-0.1, -0.05) is 37.3 Å². The standard InChI is InChI=1S/C26H41ClFN3O4SSi/c1-17(2)31(18(3)4)26(32)35-23(19-10-11-21(28)20(27)14-19)24-29-25(36-6)22(15-33-5)30(24)16-34-12-13-37(7,8)9/h10-11,14,17-18,23H,12-13,15-16H2,1-9H3. The fourth-order valence-corrected chi connectivity index (χ4v) is 5.46. The first kappa shape index (κ1) is 31.6. The molecule has 2 rings (SSSR count).